The molecule has 4 nitrogen and oxygen atoms in total. The summed E-state index contributed by atoms with van der Waals surface area (Å²) < 4.78 is 33.3. The van der Waals surface area contributed by atoms with Gasteiger partial charge in [0.05, 0.1) is 4.90 Å². The Hall–Kier alpha value is -2.76. The highest BCUT2D eigenvalue weighted by molar-refractivity contribution is 7.85. The monoisotopic (exact) mass is 367 g/mol. The predicted octanol–water partition coefficient (Wildman–Crippen LogP) is 3.58. The molecule has 0 amide bonds. The van der Waals surface area contributed by atoms with Gasteiger partial charge in [-0.3, -0.25) is 0 Å². The van der Waals surface area contributed by atoms with E-state index in [2.05, 4.69) is 34.9 Å². The highest BCUT2D eigenvalue weighted by Crippen LogP contribution is 2.08. The van der Waals surface area contributed by atoms with Gasteiger partial charge < -0.3 is 4.55 Å². The summed E-state index contributed by atoms with van der Waals surface area (Å²) >= 11 is 0. The highest BCUT2D eigenvalue weighted by atomic mass is 32.2. The van der Waals surface area contributed by atoms with Gasteiger partial charge in [0.15, 0.2) is 6.20 Å². The molecule has 0 saturated carbocycles. The van der Waals surface area contributed by atoms with Crippen molar-refractivity contribution in [2.24, 2.45) is 7.05 Å². The van der Waals surface area contributed by atoms with Gasteiger partial charge in [0.2, 0.25) is 5.69 Å². The average molecular weight is 367 g/mol. The maximum Gasteiger partial charge on any atom is 0.204 e. The fourth-order valence-corrected chi connectivity index (χ4v) is 2.63. The summed E-state index contributed by atoms with van der Waals surface area (Å²) in [5.74, 6) is 0. The van der Waals surface area contributed by atoms with Crippen LogP contribution in [0, 0.1) is 6.92 Å². The van der Waals surface area contributed by atoms with Crippen LogP contribution in [0.5, 0.6) is 0 Å². The summed E-state index contributed by atoms with van der Waals surface area (Å²) in [5, 5.41) is 0. The zero-order chi connectivity index (χ0) is 19.0. The fraction of sp³-hybridized carbons (Fsp3) is 0.0952. The minimum Gasteiger partial charge on any atom is -0.744 e. The minimum absolute atomic E-state index is 0.178. The number of rotatable bonds is 3. The molecule has 0 aliphatic carbocycles. The molecule has 0 saturated heterocycles. The second-order valence-corrected chi connectivity index (χ2v) is 7.13. The van der Waals surface area contributed by atoms with E-state index < -0.39 is 10.1 Å². The average Bonchev–Trinajstić information content (AvgIpc) is 2.62. The number of nitrogens with zero attached hydrogens (tertiary/aromatic N) is 1. The molecule has 0 N–H and O–H groups in total. The molecule has 0 spiro atoms. The van der Waals surface area contributed by atoms with E-state index in [0.29, 0.717) is 0 Å². The molecule has 0 bridgehead atoms. The van der Waals surface area contributed by atoms with E-state index in [-0.39, 0.29) is 4.90 Å². The first-order valence-electron chi connectivity index (χ1n) is 8.06. The van der Waals surface area contributed by atoms with E-state index in [0.717, 1.165) is 5.56 Å². The third-order valence-electron chi connectivity index (χ3n) is 3.65. The first-order chi connectivity index (χ1) is 12.4. The normalized spacial score (nSPS) is 11.0. The molecule has 0 radical (unpaired) electrons. The smallest absolute Gasteiger partial charge is 0.204 e. The first kappa shape index (κ1) is 19.6. The van der Waals surface area contributed by atoms with Crippen molar-refractivity contribution in [1.29, 1.82) is 0 Å². The Morgan fingerprint density at radius 3 is 2.04 bits per heavy atom. The third-order valence-corrected chi connectivity index (χ3v) is 4.50. The largest absolute Gasteiger partial charge is 0.744 e. The van der Waals surface area contributed by atoms with Crippen LogP contribution in [-0.4, -0.2) is 13.0 Å². The Kier molecular flexibility index (Phi) is 6.83. The van der Waals surface area contributed by atoms with E-state index in [1.54, 1.807) is 12.1 Å². The number of hydrogen-bond donors (Lipinski definition) is 0. The lowest BCUT2D eigenvalue weighted by Crippen LogP contribution is -2.30. The quantitative estimate of drug-likeness (QED) is 0.525. The molecule has 3 aromatic rings. The predicted molar refractivity (Wildman–Crippen MR) is 102 cm³/mol. The number of benzene rings is 2. The molecule has 5 heteroatoms. The molecule has 0 aliphatic heterocycles. The van der Waals surface area contributed by atoms with Gasteiger partial charge in [-0.05, 0) is 36.8 Å². The van der Waals surface area contributed by atoms with Crippen molar-refractivity contribution >= 4 is 22.3 Å². The zero-order valence-corrected chi connectivity index (χ0v) is 15.6. The van der Waals surface area contributed by atoms with E-state index in [1.165, 1.54) is 23.4 Å². The van der Waals surface area contributed by atoms with Crippen LogP contribution in [0.25, 0.3) is 12.2 Å². The standard InChI is InChI=1S/C14H14N.C7H8O3S/c1-15-12-6-5-9-14(15)11-10-13-7-3-2-4-8-13;1-6-2-4-7(5-3-6)11(8,9)10/h2-12H,1H3;2-5H,1H3,(H,8,9,10)/q+1;/p-1/b11-10+;. The van der Waals surface area contributed by atoms with Crippen LogP contribution in [-0.2, 0) is 17.2 Å². The lowest BCUT2D eigenvalue weighted by Gasteiger charge is -2.05. The molecular formula is C21H21NO3S. The van der Waals surface area contributed by atoms with Crippen LogP contribution in [0.3, 0.4) is 0 Å². The van der Waals surface area contributed by atoms with Gasteiger partial charge in [-0.15, -0.1) is 0 Å². The zero-order valence-electron chi connectivity index (χ0n) is 14.7. The molecular weight excluding hydrogens is 346 g/mol. The molecule has 134 valence electrons. The number of aryl methyl sites for hydroxylation is 2. The van der Waals surface area contributed by atoms with Crippen LogP contribution in [0.2, 0.25) is 0 Å². The van der Waals surface area contributed by atoms with Gasteiger partial charge in [-0.25, -0.2) is 13.0 Å². The van der Waals surface area contributed by atoms with Gasteiger partial charge in [0.1, 0.15) is 17.2 Å². The number of pyridine rings is 1. The van der Waals surface area contributed by atoms with Gasteiger partial charge >= 0.3 is 0 Å². The lowest BCUT2D eigenvalue weighted by atomic mass is 10.2. The summed E-state index contributed by atoms with van der Waals surface area (Å²) in [4.78, 5) is -0.178. The second kappa shape index (κ2) is 9.08. The molecule has 0 aliphatic rings. The molecule has 0 atom stereocenters. The van der Waals surface area contributed by atoms with E-state index in [1.807, 2.05) is 50.5 Å². The van der Waals surface area contributed by atoms with Crippen molar-refractivity contribution in [3.63, 3.8) is 0 Å². The van der Waals surface area contributed by atoms with Crippen LogP contribution in [0.1, 0.15) is 16.8 Å². The lowest BCUT2D eigenvalue weighted by molar-refractivity contribution is -0.673. The maximum absolute atomic E-state index is 10.4. The van der Waals surface area contributed by atoms with Gasteiger partial charge in [0.25, 0.3) is 0 Å². The van der Waals surface area contributed by atoms with E-state index >= 15 is 0 Å². The number of hydrogen-bond acceptors (Lipinski definition) is 3. The molecule has 26 heavy (non-hydrogen) atoms. The molecule has 3 rings (SSSR count). The van der Waals surface area contributed by atoms with Gasteiger partial charge in [0, 0.05) is 18.2 Å². The summed E-state index contributed by atoms with van der Waals surface area (Å²) in [6.07, 6.45) is 6.29. The van der Waals surface area contributed by atoms with E-state index in [9.17, 15) is 13.0 Å². The second-order valence-electron chi connectivity index (χ2n) is 5.75. The molecule has 1 aromatic heterocycles. The van der Waals surface area contributed by atoms with Crippen LogP contribution in [0.4, 0.5) is 0 Å². The van der Waals surface area contributed by atoms with Crippen molar-refractivity contribution < 1.29 is 17.5 Å². The van der Waals surface area contributed by atoms with Crippen molar-refractivity contribution in [1.82, 2.24) is 0 Å². The Labute approximate surface area is 154 Å². The SMILES string of the molecule is C[n+]1ccccc1/C=C/c1ccccc1.Cc1ccc(S(=O)(=O)[O-])cc1. The topological polar surface area (TPSA) is 61.1 Å². The molecule has 2 aromatic carbocycles. The fourth-order valence-electron chi connectivity index (χ4n) is 2.16. The summed E-state index contributed by atoms with van der Waals surface area (Å²) in [5.41, 5.74) is 3.35. The van der Waals surface area contributed by atoms with Crippen molar-refractivity contribution in [3.8, 4) is 0 Å². The highest BCUT2D eigenvalue weighted by Gasteiger charge is 1.98. The molecule has 0 unspecified atom stereocenters. The Morgan fingerprint density at radius 1 is 0.846 bits per heavy atom. The molecule has 0 fully saturated rings. The Morgan fingerprint density at radius 2 is 1.46 bits per heavy atom. The summed E-state index contributed by atoms with van der Waals surface area (Å²) in [7, 11) is -2.22. The maximum atomic E-state index is 10.4. The van der Waals surface area contributed by atoms with Crippen LogP contribution < -0.4 is 4.57 Å². The van der Waals surface area contributed by atoms with E-state index in [4.69, 9.17) is 0 Å². The van der Waals surface area contributed by atoms with Gasteiger partial charge in [-0.1, -0.05) is 48.0 Å². The van der Waals surface area contributed by atoms with Crippen LogP contribution in [0.15, 0.2) is 83.9 Å². The Bertz CT molecular complexity index is 964. The summed E-state index contributed by atoms with van der Waals surface area (Å²) in [6.45, 7) is 1.82. The summed E-state index contributed by atoms with van der Waals surface area (Å²) in [6, 6.07) is 22.3. The first-order valence-corrected chi connectivity index (χ1v) is 9.47. The minimum atomic E-state index is -4.27. The van der Waals surface area contributed by atoms with Crippen molar-refractivity contribution in [2.45, 2.75) is 11.8 Å². The third kappa shape index (κ3) is 6.27. The number of aromatic nitrogens is 1. The van der Waals surface area contributed by atoms with Crippen molar-refractivity contribution in [3.05, 3.63) is 95.8 Å². The van der Waals surface area contributed by atoms with Gasteiger partial charge in [-0.2, -0.15) is 0 Å². The molecule has 1 heterocycles. The van der Waals surface area contributed by atoms with Crippen LogP contribution >= 0.6 is 0 Å². The Balaban J connectivity index is 0.000000197. The van der Waals surface area contributed by atoms with Crippen molar-refractivity contribution in [2.75, 3.05) is 0 Å².